The van der Waals surface area contributed by atoms with E-state index in [4.69, 9.17) is 4.74 Å². The molecule has 0 radical (unpaired) electrons. The molecule has 3 heterocycles. The molecule has 4 bridgehead atoms. The van der Waals surface area contributed by atoms with Crippen LogP contribution in [0.4, 0.5) is 0 Å². The fourth-order valence-electron chi connectivity index (χ4n) is 7.06. The van der Waals surface area contributed by atoms with Crippen molar-refractivity contribution in [2.45, 2.75) is 61.9 Å². The summed E-state index contributed by atoms with van der Waals surface area (Å²) in [5.74, 6) is 2.66. The lowest BCUT2D eigenvalue weighted by Crippen LogP contribution is -2.42. The number of hydrogen-bond donors (Lipinski definition) is 0. The van der Waals surface area contributed by atoms with Crippen LogP contribution in [-0.2, 0) is 10.0 Å². The third kappa shape index (κ3) is 3.64. The average Bonchev–Trinajstić information content (AvgIpc) is 3.08. The molecule has 3 saturated heterocycles. The van der Waals surface area contributed by atoms with Crippen molar-refractivity contribution in [1.29, 1.82) is 0 Å². The van der Waals surface area contributed by atoms with Crippen LogP contribution in [0.3, 0.4) is 0 Å². The number of fused-ring (bicyclic) bond motifs is 2. The van der Waals surface area contributed by atoms with Crippen LogP contribution in [0.15, 0.2) is 41.3 Å². The molecule has 2 aromatic carbocycles. The van der Waals surface area contributed by atoms with Gasteiger partial charge in [0.25, 0.3) is 0 Å². The number of ether oxygens (including phenoxy) is 1. The monoisotopic (exact) mass is 454 g/mol. The molecular weight excluding hydrogens is 420 g/mol. The number of sulfonamides is 1. The Morgan fingerprint density at radius 2 is 1.75 bits per heavy atom. The second-order valence-corrected chi connectivity index (χ2v) is 12.6. The molecule has 6 heteroatoms. The molecule has 2 saturated carbocycles. The first kappa shape index (κ1) is 20.9. The molecule has 3 atom stereocenters. The molecule has 5 fully saturated rings. The van der Waals surface area contributed by atoms with Crippen molar-refractivity contribution in [2.75, 3.05) is 26.7 Å². The van der Waals surface area contributed by atoms with E-state index in [2.05, 4.69) is 11.9 Å². The first-order valence-corrected chi connectivity index (χ1v) is 13.8. The Morgan fingerprint density at radius 3 is 2.50 bits per heavy atom. The summed E-state index contributed by atoms with van der Waals surface area (Å²) in [4.78, 5) is 2.73. The molecule has 2 aliphatic carbocycles. The van der Waals surface area contributed by atoms with Gasteiger partial charge in [-0.2, -0.15) is 4.31 Å². The van der Waals surface area contributed by atoms with Gasteiger partial charge in [-0.05, 0) is 87.7 Å². The van der Waals surface area contributed by atoms with Crippen LogP contribution in [-0.4, -0.2) is 56.5 Å². The SMILES string of the molecule is CN1CCCC1COc1cc(S(=O)(=O)N2CC3CC4CC(C3)CC2C4)cc2ccccc12. The number of hydrogen-bond acceptors (Lipinski definition) is 4. The Morgan fingerprint density at radius 1 is 1.00 bits per heavy atom. The zero-order chi connectivity index (χ0) is 21.9. The van der Waals surface area contributed by atoms with Crippen molar-refractivity contribution in [3.8, 4) is 5.75 Å². The number of likely N-dealkylation sites (tertiary alicyclic amines) is 1. The smallest absolute Gasteiger partial charge is 0.243 e. The summed E-state index contributed by atoms with van der Waals surface area (Å²) in [5.41, 5.74) is 0. The number of likely N-dealkylation sites (N-methyl/N-ethyl adjacent to an activating group) is 1. The van der Waals surface area contributed by atoms with Crippen molar-refractivity contribution >= 4 is 20.8 Å². The van der Waals surface area contributed by atoms with Gasteiger partial charge in [-0.25, -0.2) is 8.42 Å². The minimum atomic E-state index is -3.56. The van der Waals surface area contributed by atoms with E-state index in [-0.39, 0.29) is 6.04 Å². The molecule has 7 rings (SSSR count). The van der Waals surface area contributed by atoms with Crippen molar-refractivity contribution in [3.05, 3.63) is 36.4 Å². The summed E-state index contributed by atoms with van der Waals surface area (Å²) in [5, 5.41) is 1.92. The van der Waals surface area contributed by atoms with E-state index in [1.807, 2.05) is 34.6 Å². The van der Waals surface area contributed by atoms with E-state index in [0.29, 0.717) is 35.8 Å². The van der Waals surface area contributed by atoms with E-state index >= 15 is 0 Å². The predicted molar refractivity (Wildman–Crippen MR) is 126 cm³/mol. The first-order chi connectivity index (χ1) is 15.5. The maximum Gasteiger partial charge on any atom is 0.243 e. The highest BCUT2D eigenvalue weighted by atomic mass is 32.2. The second-order valence-electron chi connectivity index (χ2n) is 10.7. The Bertz CT molecular complexity index is 1100. The van der Waals surface area contributed by atoms with Gasteiger partial charge in [-0.15, -0.1) is 0 Å². The predicted octanol–water partition coefficient (Wildman–Crippen LogP) is 4.51. The zero-order valence-corrected chi connectivity index (χ0v) is 19.8. The summed E-state index contributed by atoms with van der Waals surface area (Å²) in [6.45, 7) is 2.39. The van der Waals surface area contributed by atoms with Crippen LogP contribution in [0.5, 0.6) is 5.75 Å². The van der Waals surface area contributed by atoms with Crippen LogP contribution in [0.1, 0.15) is 44.9 Å². The summed E-state index contributed by atoms with van der Waals surface area (Å²) >= 11 is 0. The van der Waals surface area contributed by atoms with Crippen LogP contribution in [0.2, 0.25) is 0 Å². The molecule has 0 N–H and O–H groups in total. The van der Waals surface area contributed by atoms with Crippen molar-refractivity contribution in [3.63, 3.8) is 0 Å². The van der Waals surface area contributed by atoms with Crippen molar-refractivity contribution in [1.82, 2.24) is 9.21 Å². The Hall–Kier alpha value is -1.63. The molecule has 172 valence electrons. The third-order valence-corrected chi connectivity index (χ3v) is 10.5. The highest BCUT2D eigenvalue weighted by Gasteiger charge is 2.46. The van der Waals surface area contributed by atoms with Crippen LogP contribution in [0.25, 0.3) is 10.8 Å². The van der Waals surface area contributed by atoms with Gasteiger partial charge in [0.2, 0.25) is 10.0 Å². The van der Waals surface area contributed by atoms with Gasteiger partial charge in [0.15, 0.2) is 0 Å². The number of nitrogens with zero attached hydrogens (tertiary/aromatic N) is 2. The standard InChI is InChI=1S/C26H34N2O3S/c1-27-8-4-6-22(27)17-31-26-15-24(14-21-5-2-3-7-25(21)26)32(29,30)28-16-20-10-18-9-19(11-20)13-23(28)12-18/h2-3,5,7,14-15,18-20,22-23H,4,6,8-13,16-17H2,1H3. The minimum absolute atomic E-state index is 0.166. The van der Waals surface area contributed by atoms with Crippen molar-refractivity contribution in [2.24, 2.45) is 17.8 Å². The van der Waals surface area contributed by atoms with Gasteiger partial charge < -0.3 is 9.64 Å². The maximum absolute atomic E-state index is 14.0. The summed E-state index contributed by atoms with van der Waals surface area (Å²) in [7, 11) is -1.42. The zero-order valence-electron chi connectivity index (χ0n) is 18.9. The Balaban J connectivity index is 1.35. The Labute approximate surface area is 191 Å². The lowest BCUT2D eigenvalue weighted by Gasteiger charge is -2.38. The van der Waals surface area contributed by atoms with Gasteiger partial charge in [0.1, 0.15) is 12.4 Å². The largest absolute Gasteiger partial charge is 0.491 e. The van der Waals surface area contributed by atoms with E-state index in [1.54, 1.807) is 6.07 Å². The van der Waals surface area contributed by atoms with Gasteiger partial charge in [-0.1, -0.05) is 24.3 Å². The molecule has 0 aromatic heterocycles. The summed E-state index contributed by atoms with van der Waals surface area (Å²) < 4.78 is 36.1. The minimum Gasteiger partial charge on any atom is -0.491 e. The normalized spacial score (nSPS) is 33.1. The molecule has 3 aliphatic heterocycles. The third-order valence-electron chi connectivity index (χ3n) is 8.56. The maximum atomic E-state index is 14.0. The van der Waals surface area contributed by atoms with Crippen LogP contribution in [0, 0.1) is 17.8 Å². The molecule has 0 spiro atoms. The van der Waals surface area contributed by atoms with Crippen molar-refractivity contribution < 1.29 is 13.2 Å². The second kappa shape index (κ2) is 8.00. The topological polar surface area (TPSA) is 49.9 Å². The van der Waals surface area contributed by atoms with Gasteiger partial charge in [0.05, 0.1) is 4.90 Å². The highest BCUT2D eigenvalue weighted by molar-refractivity contribution is 7.89. The summed E-state index contributed by atoms with van der Waals surface area (Å²) in [6, 6.07) is 12.2. The first-order valence-electron chi connectivity index (χ1n) is 12.3. The molecule has 0 amide bonds. The molecule has 5 aliphatic rings. The van der Waals surface area contributed by atoms with Gasteiger partial charge in [0, 0.05) is 30.1 Å². The lowest BCUT2D eigenvalue weighted by atomic mass is 9.68. The van der Waals surface area contributed by atoms with Crippen LogP contribution < -0.4 is 4.74 Å². The highest BCUT2D eigenvalue weighted by Crippen LogP contribution is 2.49. The average molecular weight is 455 g/mol. The quantitative estimate of drug-likeness (QED) is 0.667. The van der Waals surface area contributed by atoms with E-state index in [9.17, 15) is 8.42 Å². The van der Waals surface area contributed by atoms with Gasteiger partial charge in [-0.3, -0.25) is 0 Å². The summed E-state index contributed by atoms with van der Waals surface area (Å²) in [6.07, 6.45) is 8.13. The molecule has 2 aromatic rings. The molecule has 5 nitrogen and oxygen atoms in total. The number of rotatable bonds is 5. The fourth-order valence-corrected chi connectivity index (χ4v) is 8.84. The van der Waals surface area contributed by atoms with Gasteiger partial charge >= 0.3 is 0 Å². The molecular formula is C26H34N2O3S. The Kier molecular flexibility index (Phi) is 5.23. The fraction of sp³-hybridized carbons (Fsp3) is 0.615. The number of benzene rings is 2. The van der Waals surface area contributed by atoms with Crippen LogP contribution >= 0.6 is 0 Å². The lowest BCUT2D eigenvalue weighted by molar-refractivity contribution is 0.148. The molecule has 32 heavy (non-hydrogen) atoms. The molecule has 3 unspecified atom stereocenters. The van der Waals surface area contributed by atoms with E-state index in [0.717, 1.165) is 48.4 Å². The van der Waals surface area contributed by atoms with E-state index in [1.165, 1.54) is 25.7 Å². The van der Waals surface area contributed by atoms with E-state index < -0.39 is 10.0 Å².